The number of carbonyl (C=O) groups is 1. The molecule has 2 rings (SSSR count). The third kappa shape index (κ3) is 1.87. The number of hydrogen-bond acceptors (Lipinski definition) is 3. The van der Waals surface area contributed by atoms with Crippen LogP contribution < -0.4 is 0 Å². The average Bonchev–Trinajstić information content (AvgIpc) is 2.32. The fourth-order valence-corrected chi connectivity index (χ4v) is 2.05. The van der Waals surface area contributed by atoms with Crippen LogP contribution in [0.5, 0.6) is 0 Å². The van der Waals surface area contributed by atoms with Crippen LogP contribution in [0.3, 0.4) is 0 Å². The van der Waals surface area contributed by atoms with Crippen LogP contribution in [-0.2, 0) is 9.53 Å². The number of fused-ring (bicyclic) bond motifs is 1. The molecule has 0 radical (unpaired) electrons. The molecule has 0 bridgehead atoms. The van der Waals surface area contributed by atoms with Gasteiger partial charge in [0.25, 0.3) is 0 Å². The number of amides is 1. The Hall–Kier alpha value is -1.58. The summed E-state index contributed by atoms with van der Waals surface area (Å²) in [6.45, 7) is 2.84. The summed E-state index contributed by atoms with van der Waals surface area (Å²) in [5.74, 6) is 0.904. The molecule has 0 N–H and O–H groups in total. The largest absolute Gasteiger partial charge is 0.499 e. The second-order valence-corrected chi connectivity index (χ2v) is 3.94. The fourth-order valence-electron chi connectivity index (χ4n) is 2.05. The van der Waals surface area contributed by atoms with Crippen LogP contribution in [-0.4, -0.2) is 36.2 Å². The van der Waals surface area contributed by atoms with E-state index in [0.717, 1.165) is 30.9 Å². The lowest BCUT2D eigenvalue weighted by molar-refractivity contribution is -0.127. The highest BCUT2D eigenvalue weighted by atomic mass is 16.5. The molecule has 0 saturated carbocycles. The minimum Gasteiger partial charge on any atom is -0.499 e. The summed E-state index contributed by atoms with van der Waals surface area (Å²) in [7, 11) is 1.64. The summed E-state index contributed by atoms with van der Waals surface area (Å²) in [6.07, 6.45) is 6.82. The van der Waals surface area contributed by atoms with E-state index in [0.29, 0.717) is 0 Å². The van der Waals surface area contributed by atoms with Gasteiger partial charge in [-0.05, 0) is 12.5 Å². The van der Waals surface area contributed by atoms with Gasteiger partial charge in [-0.3, -0.25) is 9.79 Å². The summed E-state index contributed by atoms with van der Waals surface area (Å²) in [4.78, 5) is 17.9. The first-order valence-corrected chi connectivity index (χ1v) is 5.55. The Bertz CT molecular complexity index is 382. The Kier molecular flexibility index (Phi) is 3.08. The van der Waals surface area contributed by atoms with Crippen molar-refractivity contribution < 1.29 is 9.53 Å². The number of hydrogen-bond donors (Lipinski definition) is 0. The Morgan fingerprint density at radius 1 is 1.56 bits per heavy atom. The Morgan fingerprint density at radius 2 is 2.38 bits per heavy atom. The van der Waals surface area contributed by atoms with Gasteiger partial charge in [0.2, 0.25) is 5.91 Å². The van der Waals surface area contributed by atoms with Crippen LogP contribution in [0.15, 0.2) is 29.1 Å². The minimum atomic E-state index is 0.0531. The molecule has 4 heteroatoms. The molecule has 86 valence electrons. The predicted molar refractivity (Wildman–Crippen MR) is 62.1 cm³/mol. The van der Waals surface area contributed by atoms with Gasteiger partial charge in [-0.25, -0.2) is 0 Å². The van der Waals surface area contributed by atoms with Crippen molar-refractivity contribution in [3.63, 3.8) is 0 Å². The van der Waals surface area contributed by atoms with Crippen molar-refractivity contribution in [2.75, 3.05) is 13.7 Å². The predicted octanol–water partition coefficient (Wildman–Crippen LogP) is 1.50. The van der Waals surface area contributed by atoms with Gasteiger partial charge >= 0.3 is 0 Å². The Morgan fingerprint density at radius 3 is 3.06 bits per heavy atom. The maximum atomic E-state index is 11.8. The van der Waals surface area contributed by atoms with Gasteiger partial charge in [-0.2, -0.15) is 0 Å². The molecule has 4 nitrogen and oxygen atoms in total. The lowest BCUT2D eigenvalue weighted by Crippen LogP contribution is -2.48. The van der Waals surface area contributed by atoms with Crippen LogP contribution in [0.25, 0.3) is 0 Å². The van der Waals surface area contributed by atoms with Crippen LogP contribution in [0, 0.1) is 0 Å². The summed E-state index contributed by atoms with van der Waals surface area (Å²) in [5.41, 5.74) is 0.953. The lowest BCUT2D eigenvalue weighted by Gasteiger charge is -2.35. The molecule has 2 aliphatic heterocycles. The standard InChI is InChI=1S/C12H16N2O2/c1-3-6-14-11-7-9(16-2)8-13-10(11)4-5-12(14)15/h4-5,8,11H,3,6-7H2,1-2H3. The average molecular weight is 220 g/mol. The van der Waals surface area contributed by atoms with Gasteiger partial charge in [0.05, 0.1) is 25.1 Å². The zero-order valence-corrected chi connectivity index (χ0v) is 9.64. The van der Waals surface area contributed by atoms with E-state index >= 15 is 0 Å². The first-order chi connectivity index (χ1) is 7.76. The van der Waals surface area contributed by atoms with Crippen molar-refractivity contribution in [1.29, 1.82) is 0 Å². The van der Waals surface area contributed by atoms with E-state index in [9.17, 15) is 4.79 Å². The highest BCUT2D eigenvalue weighted by Crippen LogP contribution is 2.22. The molecule has 2 heterocycles. The fraction of sp³-hybridized carbons (Fsp3) is 0.500. The molecular formula is C12H16N2O2. The first-order valence-electron chi connectivity index (χ1n) is 5.55. The number of nitrogens with zero attached hydrogens (tertiary/aromatic N) is 2. The number of aliphatic imine (C=N–C) groups is 1. The molecule has 0 aliphatic carbocycles. The van der Waals surface area contributed by atoms with Crippen molar-refractivity contribution in [2.45, 2.75) is 25.8 Å². The highest BCUT2D eigenvalue weighted by molar-refractivity contribution is 6.09. The van der Waals surface area contributed by atoms with Crippen molar-refractivity contribution >= 4 is 11.6 Å². The number of rotatable bonds is 3. The second kappa shape index (κ2) is 4.51. The first kappa shape index (κ1) is 10.9. The van der Waals surface area contributed by atoms with Gasteiger partial charge < -0.3 is 9.64 Å². The molecule has 0 fully saturated rings. The topological polar surface area (TPSA) is 41.9 Å². The van der Waals surface area contributed by atoms with Crippen LogP contribution in [0.4, 0.5) is 0 Å². The zero-order chi connectivity index (χ0) is 11.5. The maximum Gasteiger partial charge on any atom is 0.247 e. The number of methoxy groups -OCH3 is 1. The third-order valence-electron chi connectivity index (χ3n) is 2.88. The second-order valence-electron chi connectivity index (χ2n) is 3.94. The van der Waals surface area contributed by atoms with Gasteiger partial charge in [-0.15, -0.1) is 0 Å². The minimum absolute atomic E-state index is 0.0531. The molecule has 0 spiro atoms. The van der Waals surface area contributed by atoms with Crippen LogP contribution >= 0.6 is 0 Å². The van der Waals surface area contributed by atoms with E-state index in [4.69, 9.17) is 4.74 Å². The van der Waals surface area contributed by atoms with Gasteiger partial charge in [0, 0.05) is 19.0 Å². The summed E-state index contributed by atoms with van der Waals surface area (Å²) >= 11 is 0. The van der Waals surface area contributed by atoms with E-state index in [2.05, 4.69) is 11.9 Å². The SMILES string of the molecule is CCCN1C(=O)C=CC2=NC=C(OC)CC21. The third-order valence-corrected chi connectivity index (χ3v) is 2.88. The molecule has 1 amide bonds. The van der Waals surface area contributed by atoms with Crippen LogP contribution in [0.2, 0.25) is 0 Å². The van der Waals surface area contributed by atoms with Crippen molar-refractivity contribution in [2.24, 2.45) is 4.99 Å². The molecule has 16 heavy (non-hydrogen) atoms. The monoisotopic (exact) mass is 220 g/mol. The molecular weight excluding hydrogens is 204 g/mol. The number of ether oxygens (including phenoxy) is 1. The van der Waals surface area contributed by atoms with Crippen molar-refractivity contribution in [3.05, 3.63) is 24.1 Å². The van der Waals surface area contributed by atoms with Gasteiger partial charge in [0.1, 0.15) is 5.76 Å². The van der Waals surface area contributed by atoms with Gasteiger partial charge in [0.15, 0.2) is 0 Å². The molecule has 0 aromatic heterocycles. The Balaban J connectivity index is 2.25. The Labute approximate surface area is 95.3 Å². The van der Waals surface area contributed by atoms with Crippen LogP contribution in [0.1, 0.15) is 19.8 Å². The van der Waals surface area contributed by atoms with Crippen molar-refractivity contribution in [3.8, 4) is 0 Å². The van der Waals surface area contributed by atoms with E-state index in [1.807, 2.05) is 11.0 Å². The van der Waals surface area contributed by atoms with E-state index in [1.165, 1.54) is 0 Å². The maximum absolute atomic E-state index is 11.8. The van der Waals surface area contributed by atoms with E-state index in [1.54, 1.807) is 19.4 Å². The summed E-state index contributed by atoms with van der Waals surface area (Å²) < 4.78 is 5.19. The van der Waals surface area contributed by atoms with Crippen molar-refractivity contribution in [1.82, 2.24) is 4.90 Å². The highest BCUT2D eigenvalue weighted by Gasteiger charge is 2.31. The van der Waals surface area contributed by atoms with E-state index < -0.39 is 0 Å². The molecule has 1 unspecified atom stereocenters. The number of carbonyl (C=O) groups excluding carboxylic acids is 1. The quantitative estimate of drug-likeness (QED) is 0.723. The molecule has 2 aliphatic rings. The molecule has 0 saturated heterocycles. The zero-order valence-electron chi connectivity index (χ0n) is 9.64. The summed E-state index contributed by atoms with van der Waals surface area (Å²) in [6, 6.07) is 0.0531. The summed E-state index contributed by atoms with van der Waals surface area (Å²) in [5, 5.41) is 0. The van der Waals surface area contributed by atoms with Gasteiger partial charge in [-0.1, -0.05) is 6.92 Å². The molecule has 1 atom stereocenters. The normalized spacial score (nSPS) is 23.8. The van der Waals surface area contributed by atoms with E-state index in [-0.39, 0.29) is 11.9 Å². The smallest absolute Gasteiger partial charge is 0.247 e. The molecule has 0 aromatic carbocycles. The lowest BCUT2D eigenvalue weighted by atomic mass is 9.98. The molecule has 0 aromatic rings.